The third kappa shape index (κ3) is 4.97. The summed E-state index contributed by atoms with van der Waals surface area (Å²) in [4.78, 5) is 9.40. The molecule has 0 fully saturated rings. The van der Waals surface area contributed by atoms with Crippen LogP contribution in [0.4, 0.5) is 0 Å². The van der Waals surface area contributed by atoms with E-state index in [-0.39, 0.29) is 5.41 Å². The van der Waals surface area contributed by atoms with Crippen LogP contribution in [-0.2, 0) is 6.42 Å². The molecule has 0 unspecified atom stereocenters. The largest absolute Gasteiger partial charge is 0.479 e. The number of hydrogen-bond donors (Lipinski definition) is 0. The molecule has 0 atom stereocenters. The van der Waals surface area contributed by atoms with Crippen LogP contribution in [0.2, 0.25) is 0 Å². The first-order valence-corrected chi connectivity index (χ1v) is 10.3. The van der Waals surface area contributed by atoms with Gasteiger partial charge in [0.15, 0.2) is 0 Å². The van der Waals surface area contributed by atoms with Gasteiger partial charge in [0.05, 0.1) is 18.1 Å². The SMILES string of the molecule is COc1nc2ccccc2nc1-c1cccc(/C=C/CC(C)(C)Cc2nnc(C)o2)c1. The molecule has 0 N–H and O–H groups in total. The van der Waals surface area contributed by atoms with E-state index in [1.54, 1.807) is 7.11 Å². The maximum absolute atomic E-state index is 5.53. The van der Waals surface area contributed by atoms with Crippen molar-refractivity contribution < 1.29 is 9.15 Å². The maximum Gasteiger partial charge on any atom is 0.240 e. The van der Waals surface area contributed by atoms with Crippen LogP contribution in [0.5, 0.6) is 5.88 Å². The number of hydrogen-bond acceptors (Lipinski definition) is 6. The van der Waals surface area contributed by atoms with Crippen LogP contribution >= 0.6 is 0 Å². The second kappa shape index (κ2) is 8.68. The summed E-state index contributed by atoms with van der Waals surface area (Å²) in [6, 6.07) is 16.0. The van der Waals surface area contributed by atoms with Crippen molar-refractivity contribution in [3.63, 3.8) is 0 Å². The highest BCUT2D eigenvalue weighted by Gasteiger charge is 2.20. The van der Waals surface area contributed by atoms with E-state index in [1.807, 2.05) is 43.3 Å². The molecular weight excluding hydrogens is 388 g/mol. The van der Waals surface area contributed by atoms with E-state index < -0.39 is 0 Å². The molecule has 6 nitrogen and oxygen atoms in total. The normalized spacial score (nSPS) is 12.0. The Balaban J connectivity index is 1.54. The number of methoxy groups -OCH3 is 1. The lowest BCUT2D eigenvalue weighted by atomic mass is 9.85. The van der Waals surface area contributed by atoms with Crippen LogP contribution in [0.25, 0.3) is 28.4 Å². The Morgan fingerprint density at radius 1 is 1.00 bits per heavy atom. The van der Waals surface area contributed by atoms with E-state index >= 15 is 0 Å². The zero-order valence-electron chi connectivity index (χ0n) is 18.3. The molecule has 0 aliphatic rings. The second-order valence-electron chi connectivity index (χ2n) is 8.36. The fraction of sp³-hybridized carbons (Fsp3) is 0.280. The van der Waals surface area contributed by atoms with E-state index in [1.165, 1.54) is 0 Å². The molecule has 0 aliphatic heterocycles. The zero-order chi connectivity index (χ0) is 21.8. The summed E-state index contributed by atoms with van der Waals surface area (Å²) in [5.41, 5.74) is 4.48. The molecule has 0 spiro atoms. The Morgan fingerprint density at radius 2 is 1.77 bits per heavy atom. The van der Waals surface area contributed by atoms with Gasteiger partial charge in [-0.25, -0.2) is 9.97 Å². The zero-order valence-corrected chi connectivity index (χ0v) is 18.3. The van der Waals surface area contributed by atoms with E-state index in [4.69, 9.17) is 14.1 Å². The summed E-state index contributed by atoms with van der Waals surface area (Å²) in [5, 5.41) is 8.03. The number of rotatable bonds is 7. The molecule has 0 bridgehead atoms. The number of ether oxygens (including phenoxy) is 1. The van der Waals surface area contributed by atoms with Crippen LogP contribution in [0.15, 0.2) is 59.0 Å². The van der Waals surface area contributed by atoms with Gasteiger partial charge in [-0.15, -0.1) is 10.2 Å². The Morgan fingerprint density at radius 3 is 2.48 bits per heavy atom. The minimum atomic E-state index is 0.0140. The molecule has 6 heteroatoms. The molecule has 0 aliphatic carbocycles. The topological polar surface area (TPSA) is 73.9 Å². The highest BCUT2D eigenvalue weighted by atomic mass is 16.5. The Kier molecular flexibility index (Phi) is 5.80. The number of allylic oxidation sites excluding steroid dienone is 1. The van der Waals surface area contributed by atoms with Gasteiger partial charge in [0.25, 0.3) is 0 Å². The van der Waals surface area contributed by atoms with E-state index in [2.05, 4.69) is 53.3 Å². The number of para-hydroxylation sites is 2. The lowest BCUT2D eigenvalue weighted by Crippen LogP contribution is -2.14. The summed E-state index contributed by atoms with van der Waals surface area (Å²) >= 11 is 0. The molecule has 158 valence electrons. The summed E-state index contributed by atoms with van der Waals surface area (Å²) in [7, 11) is 1.62. The molecule has 4 aromatic rings. The van der Waals surface area contributed by atoms with Crippen LogP contribution in [-0.4, -0.2) is 27.3 Å². The lowest BCUT2D eigenvalue weighted by molar-refractivity contribution is 0.321. The van der Waals surface area contributed by atoms with Gasteiger partial charge in [0.1, 0.15) is 5.69 Å². The average molecular weight is 415 g/mol. The molecule has 31 heavy (non-hydrogen) atoms. The Hall–Kier alpha value is -3.54. The van der Waals surface area contributed by atoms with Crippen molar-refractivity contribution in [2.24, 2.45) is 5.41 Å². The van der Waals surface area contributed by atoms with Crippen molar-refractivity contribution in [1.82, 2.24) is 20.2 Å². The average Bonchev–Trinajstić information content (AvgIpc) is 3.16. The van der Waals surface area contributed by atoms with Crippen molar-refractivity contribution in [2.45, 2.75) is 33.6 Å². The molecule has 0 saturated heterocycles. The van der Waals surface area contributed by atoms with Gasteiger partial charge in [-0.3, -0.25) is 0 Å². The summed E-state index contributed by atoms with van der Waals surface area (Å²) < 4.78 is 11.1. The van der Waals surface area contributed by atoms with E-state index in [9.17, 15) is 0 Å². The summed E-state index contributed by atoms with van der Waals surface area (Å²) in [6.45, 7) is 6.21. The van der Waals surface area contributed by atoms with Crippen LogP contribution in [0.3, 0.4) is 0 Å². The van der Waals surface area contributed by atoms with Gasteiger partial charge in [0, 0.05) is 18.9 Å². The molecule has 2 aromatic carbocycles. The van der Waals surface area contributed by atoms with Crippen molar-refractivity contribution in [3.8, 4) is 17.1 Å². The number of aryl methyl sites for hydroxylation is 1. The smallest absolute Gasteiger partial charge is 0.240 e. The minimum Gasteiger partial charge on any atom is -0.479 e. The molecule has 2 heterocycles. The van der Waals surface area contributed by atoms with Gasteiger partial charge >= 0.3 is 0 Å². The van der Waals surface area contributed by atoms with Crippen molar-refractivity contribution in [3.05, 3.63) is 72.0 Å². The summed E-state index contributed by atoms with van der Waals surface area (Å²) in [6.07, 6.45) is 5.94. The van der Waals surface area contributed by atoms with Gasteiger partial charge in [-0.05, 0) is 35.6 Å². The molecule has 0 saturated carbocycles. The first-order chi connectivity index (χ1) is 14.9. The third-order valence-corrected chi connectivity index (χ3v) is 5.07. The Bertz CT molecular complexity index is 1230. The number of aromatic nitrogens is 4. The maximum atomic E-state index is 5.53. The monoisotopic (exact) mass is 414 g/mol. The van der Waals surface area contributed by atoms with E-state index in [0.717, 1.165) is 40.7 Å². The van der Waals surface area contributed by atoms with Gasteiger partial charge in [-0.1, -0.05) is 56.3 Å². The fourth-order valence-corrected chi connectivity index (χ4v) is 3.51. The predicted octanol–water partition coefficient (Wildman–Crippen LogP) is 5.67. The molecule has 0 radical (unpaired) electrons. The Labute approximate surface area is 182 Å². The van der Waals surface area contributed by atoms with Crippen molar-refractivity contribution >= 4 is 17.1 Å². The molecule has 2 aromatic heterocycles. The van der Waals surface area contributed by atoms with Gasteiger partial charge in [-0.2, -0.15) is 0 Å². The van der Waals surface area contributed by atoms with Gasteiger partial charge < -0.3 is 9.15 Å². The van der Waals surface area contributed by atoms with E-state index in [0.29, 0.717) is 17.7 Å². The summed E-state index contributed by atoms with van der Waals surface area (Å²) in [5.74, 6) is 1.81. The quantitative estimate of drug-likeness (QED) is 0.388. The lowest BCUT2D eigenvalue weighted by Gasteiger charge is -2.20. The molecule has 0 amide bonds. The first-order valence-electron chi connectivity index (χ1n) is 10.3. The fourth-order valence-electron chi connectivity index (χ4n) is 3.51. The number of fused-ring (bicyclic) bond motifs is 1. The van der Waals surface area contributed by atoms with Crippen LogP contribution in [0.1, 0.15) is 37.6 Å². The molecule has 4 rings (SSSR count). The molecular formula is C25H26N4O2. The van der Waals surface area contributed by atoms with Crippen molar-refractivity contribution in [2.75, 3.05) is 7.11 Å². The standard InChI is InChI=1S/C25H26N4O2/c1-17-28-29-22(31-17)16-25(2,3)14-8-10-18-9-7-11-19(15-18)23-24(30-4)27-21-13-6-5-12-20(21)26-23/h5-13,15H,14,16H2,1-4H3/b10-8+. The van der Waals surface area contributed by atoms with Crippen molar-refractivity contribution in [1.29, 1.82) is 0 Å². The highest BCUT2D eigenvalue weighted by molar-refractivity contribution is 5.80. The third-order valence-electron chi connectivity index (χ3n) is 5.07. The predicted molar refractivity (Wildman–Crippen MR) is 122 cm³/mol. The number of benzene rings is 2. The second-order valence-corrected chi connectivity index (χ2v) is 8.36. The van der Waals surface area contributed by atoms with Gasteiger partial charge in [0.2, 0.25) is 17.7 Å². The first kappa shape index (κ1) is 20.7. The highest BCUT2D eigenvalue weighted by Crippen LogP contribution is 2.30. The minimum absolute atomic E-state index is 0.0140. The number of nitrogens with zero attached hydrogens (tertiary/aromatic N) is 4. The van der Waals surface area contributed by atoms with Crippen LogP contribution in [0, 0.1) is 12.3 Å². The van der Waals surface area contributed by atoms with Crippen LogP contribution < -0.4 is 4.74 Å².